The van der Waals surface area contributed by atoms with Gasteiger partial charge in [0.15, 0.2) is 0 Å². The van der Waals surface area contributed by atoms with E-state index >= 15 is 0 Å². The number of hydrogen-bond donors (Lipinski definition) is 26. The minimum absolute atomic E-state index is 0.0295. The summed E-state index contributed by atoms with van der Waals surface area (Å²) in [6.45, 7) is 39.9. The van der Waals surface area contributed by atoms with E-state index in [1.165, 1.54) is 0 Å². The van der Waals surface area contributed by atoms with Crippen LogP contribution >= 0.6 is 0 Å². The predicted octanol–water partition coefficient (Wildman–Crippen LogP) is -12.9. The fourth-order valence-corrected chi connectivity index (χ4v) is 12.0. The average molecular weight is 2200 g/mol. The molecule has 0 saturated heterocycles. The van der Waals surface area contributed by atoms with Gasteiger partial charge >= 0.3 is 0 Å². The van der Waals surface area contributed by atoms with Gasteiger partial charge in [-0.3, -0.25) is 0 Å². The molecule has 0 saturated carbocycles. The zero-order valence-corrected chi connectivity index (χ0v) is 92.8. The summed E-state index contributed by atoms with van der Waals surface area (Å²) >= 11 is 0. The quantitative estimate of drug-likeness (QED) is 0.0251. The lowest BCUT2D eigenvalue weighted by Crippen LogP contribution is -2.46. The fraction of sp³-hybridized carbons (Fsp3) is 1.00. The summed E-state index contributed by atoms with van der Waals surface area (Å²) in [6, 6.07) is -0.180. The van der Waals surface area contributed by atoms with E-state index in [-0.39, 0.29) is 60.8 Å². The molecule has 10 unspecified atom stereocenters. The van der Waals surface area contributed by atoms with Gasteiger partial charge in [0, 0.05) is 168 Å². The third-order valence-corrected chi connectivity index (χ3v) is 18.7. The molecule has 0 heterocycles. The third kappa shape index (κ3) is 111. The molecule has 0 aliphatic carbocycles. The highest BCUT2D eigenvalue weighted by Gasteiger charge is 2.39. The molecule has 0 aliphatic rings. The second kappa shape index (κ2) is 125. The molecular formula is C94H226N26O30. The molecule has 10 atom stereocenters. The molecule has 912 valence electrons. The van der Waals surface area contributed by atoms with Crippen molar-refractivity contribution >= 4 is 0 Å². The zero-order chi connectivity index (χ0) is 113. The Morgan fingerprint density at radius 1 is 0.120 bits per heavy atom. The minimum atomic E-state index is -0.584. The predicted molar refractivity (Wildman–Crippen MR) is 582 cm³/mol. The van der Waals surface area contributed by atoms with Crippen LogP contribution < -0.4 is 149 Å². The van der Waals surface area contributed by atoms with Crippen LogP contribution in [0.1, 0.15) is 27.7 Å². The summed E-state index contributed by atoms with van der Waals surface area (Å²) < 4.78 is 169. The fourth-order valence-electron chi connectivity index (χ4n) is 12.0. The van der Waals surface area contributed by atoms with Crippen molar-refractivity contribution in [2.45, 2.75) is 88.5 Å². The van der Waals surface area contributed by atoms with E-state index in [1.807, 2.05) is 27.7 Å². The van der Waals surface area contributed by atoms with Crippen molar-refractivity contribution in [3.8, 4) is 0 Å². The van der Waals surface area contributed by atoms with Crippen LogP contribution in [-0.4, -0.2) is 562 Å². The number of ether oxygens (including phenoxy) is 30. The molecule has 0 rings (SSSR count). The summed E-state index contributed by atoms with van der Waals surface area (Å²) in [6.07, 6.45) is -1.21. The van der Waals surface area contributed by atoms with Crippen molar-refractivity contribution in [1.82, 2.24) is 0 Å². The van der Waals surface area contributed by atoms with E-state index in [4.69, 9.17) is 291 Å². The van der Waals surface area contributed by atoms with Gasteiger partial charge in [-0.25, -0.2) is 0 Å². The summed E-state index contributed by atoms with van der Waals surface area (Å²) in [5, 5.41) is 0. The van der Waals surface area contributed by atoms with Crippen LogP contribution in [0.5, 0.6) is 0 Å². The lowest BCUT2D eigenvalue weighted by molar-refractivity contribution is -0.140. The topological polar surface area (TPSA) is 953 Å². The van der Waals surface area contributed by atoms with Gasteiger partial charge in [0.25, 0.3) is 0 Å². The van der Waals surface area contributed by atoms with Gasteiger partial charge in [0.2, 0.25) is 0 Å². The highest BCUT2D eigenvalue weighted by molar-refractivity contribution is 4.85. The standard InChI is InChI=1S/C22H52N6O7.C18H42N4O5.2C14H34N4O5.2C13H32N4O4/c23-1-7-29-13-21(14-30-8-2-24,15-31-9-3-25)19-35-20-22(16-32-10-4-26,17-33-11-5-27)18-34-12-6-28;1-13(19)5-23-9-17(26-7-15(3)21)11-25-12-18(27-8-16(4)22)10-24-6-14(2)20;2*15-1-5-19-9-13(22-7-3-17)11-21-12-14(23-8-4-18)10-20-6-2-16;2*14-1-5-18-9-13(10-19-6-2-15,11-20-7-3-16)12-21-8-4-17/h1-20,23-28H2;13-18H,5-12,19-22H2,1-4H3;2*13-14H,1-12,15-18H2;2*1-12,14-17H2. The Kier molecular flexibility index (Phi) is 132. The Balaban J connectivity index is -0.000000419. The van der Waals surface area contributed by atoms with Crippen LogP contribution in [0.25, 0.3) is 0 Å². The van der Waals surface area contributed by atoms with E-state index in [2.05, 4.69) is 0 Å². The lowest BCUT2D eigenvalue weighted by atomic mass is 9.90. The lowest BCUT2D eigenvalue weighted by Gasteiger charge is -2.36. The molecular weight excluding hydrogens is 1970 g/mol. The van der Waals surface area contributed by atoms with Crippen LogP contribution in [0.3, 0.4) is 0 Å². The van der Waals surface area contributed by atoms with Crippen molar-refractivity contribution in [2.75, 3.05) is 501 Å². The molecule has 0 fully saturated rings. The van der Waals surface area contributed by atoms with Gasteiger partial charge in [0.1, 0.15) is 36.6 Å². The molecule has 52 N–H and O–H groups in total. The van der Waals surface area contributed by atoms with Crippen molar-refractivity contribution in [2.24, 2.45) is 171 Å². The largest absolute Gasteiger partial charge is 0.380 e. The van der Waals surface area contributed by atoms with Crippen molar-refractivity contribution in [3.05, 3.63) is 0 Å². The van der Waals surface area contributed by atoms with Crippen LogP contribution in [0, 0.1) is 21.7 Å². The molecule has 56 nitrogen and oxygen atoms in total. The average Bonchev–Trinajstić information content (AvgIpc) is 0.801. The number of nitrogens with two attached hydrogens (primary N) is 26. The van der Waals surface area contributed by atoms with Gasteiger partial charge in [-0.05, 0) is 27.7 Å². The molecule has 0 aromatic carbocycles. The van der Waals surface area contributed by atoms with Crippen LogP contribution in [0.4, 0.5) is 0 Å². The second-order valence-corrected chi connectivity index (χ2v) is 35.4. The maximum atomic E-state index is 6.28. The summed E-state index contributed by atoms with van der Waals surface area (Å²) in [5.41, 5.74) is 142. The second-order valence-electron chi connectivity index (χ2n) is 35.4. The summed E-state index contributed by atoms with van der Waals surface area (Å²) in [7, 11) is 0. The Hall–Kier alpha value is -2.24. The SMILES string of the molecule is CC(N)COCC(COCC(COCC(C)N)OCC(C)N)OCC(C)N.NCCOCC(COCC(COCCN)OCCN)OCCN.NCCOCC(COCC(COCCN)OCCN)OCCN.NCCOCC(COCCN)(COCCN)COCC(COCCN)(COCCN)COCCN.NCCOCC(COCCN)(COCCN)COCCN.NCCOCC(COCCN)(COCCN)COCCN. The molecule has 0 aliphatic heterocycles. The molecule has 0 aromatic heterocycles. The Morgan fingerprint density at radius 3 is 0.353 bits per heavy atom. The van der Waals surface area contributed by atoms with Crippen LogP contribution in [-0.2, 0) is 142 Å². The molecule has 0 amide bonds. The van der Waals surface area contributed by atoms with Crippen LogP contribution in [0.15, 0.2) is 0 Å². The Labute approximate surface area is 898 Å². The van der Waals surface area contributed by atoms with Gasteiger partial charge in [-0.15, -0.1) is 0 Å². The summed E-state index contributed by atoms with van der Waals surface area (Å²) in [4.78, 5) is 0. The summed E-state index contributed by atoms with van der Waals surface area (Å²) in [5.74, 6) is 0. The molecule has 0 aromatic rings. The number of hydrogen-bond acceptors (Lipinski definition) is 56. The molecule has 0 bridgehead atoms. The molecule has 56 heteroatoms. The first kappa shape index (κ1) is 158. The normalized spacial score (nSPS) is 14.0. The Bertz CT molecular complexity index is 2180. The molecule has 0 spiro atoms. The van der Waals surface area contributed by atoms with E-state index < -0.39 is 21.7 Å². The van der Waals surface area contributed by atoms with E-state index in [1.54, 1.807) is 0 Å². The monoisotopic (exact) mass is 2200 g/mol. The van der Waals surface area contributed by atoms with Gasteiger partial charge < -0.3 is 291 Å². The maximum Gasteiger partial charge on any atom is 0.104 e. The van der Waals surface area contributed by atoms with Crippen molar-refractivity contribution in [3.63, 3.8) is 0 Å². The highest BCUT2D eigenvalue weighted by Crippen LogP contribution is 2.27. The highest BCUT2D eigenvalue weighted by atomic mass is 16.6. The molecule has 0 radical (unpaired) electrons. The van der Waals surface area contributed by atoms with Crippen molar-refractivity contribution in [1.29, 1.82) is 0 Å². The Morgan fingerprint density at radius 2 is 0.227 bits per heavy atom. The zero-order valence-electron chi connectivity index (χ0n) is 92.8. The first-order chi connectivity index (χ1) is 72.8. The maximum absolute atomic E-state index is 6.28. The van der Waals surface area contributed by atoms with Gasteiger partial charge in [0.05, 0.1) is 378 Å². The van der Waals surface area contributed by atoms with Crippen LogP contribution in [0.2, 0.25) is 0 Å². The smallest absolute Gasteiger partial charge is 0.104 e. The molecule has 150 heavy (non-hydrogen) atoms. The van der Waals surface area contributed by atoms with E-state index in [0.717, 1.165) is 0 Å². The van der Waals surface area contributed by atoms with Crippen molar-refractivity contribution < 1.29 is 142 Å². The van der Waals surface area contributed by atoms with Gasteiger partial charge in [-0.2, -0.15) is 0 Å². The van der Waals surface area contributed by atoms with E-state index in [9.17, 15) is 0 Å². The first-order valence-corrected chi connectivity index (χ1v) is 52.8. The number of rotatable bonds is 114. The first-order valence-electron chi connectivity index (χ1n) is 52.8. The minimum Gasteiger partial charge on any atom is -0.380 e. The third-order valence-electron chi connectivity index (χ3n) is 18.7. The van der Waals surface area contributed by atoms with Gasteiger partial charge in [-0.1, -0.05) is 0 Å². The van der Waals surface area contributed by atoms with E-state index in [0.29, 0.717) is 501 Å².